The van der Waals surface area contributed by atoms with Crippen LogP contribution in [-0.4, -0.2) is 31.7 Å². The van der Waals surface area contributed by atoms with E-state index in [2.05, 4.69) is 12.2 Å². The minimum absolute atomic E-state index is 0.125. The fourth-order valence-electron chi connectivity index (χ4n) is 3.35. The van der Waals surface area contributed by atoms with Gasteiger partial charge in [-0.15, -0.1) is 0 Å². The fraction of sp³-hybridized carbons (Fsp3) is 0.381. The summed E-state index contributed by atoms with van der Waals surface area (Å²) in [4.78, 5) is 12.5. The van der Waals surface area contributed by atoms with E-state index in [1.54, 1.807) is 0 Å². The first-order chi connectivity index (χ1) is 13.3. The average molecular weight is 405 g/mol. The van der Waals surface area contributed by atoms with Crippen molar-refractivity contribution in [3.05, 3.63) is 59.9 Å². The number of aryl methyl sites for hydroxylation is 1. The summed E-state index contributed by atoms with van der Waals surface area (Å²) >= 11 is 0. The van der Waals surface area contributed by atoms with Gasteiger partial charge >= 0.3 is 0 Å². The van der Waals surface area contributed by atoms with Gasteiger partial charge in [-0.25, -0.2) is 12.8 Å². The van der Waals surface area contributed by atoms with Crippen LogP contribution in [0.25, 0.3) is 0 Å². The van der Waals surface area contributed by atoms with Gasteiger partial charge in [-0.1, -0.05) is 38.1 Å². The van der Waals surface area contributed by atoms with E-state index in [4.69, 9.17) is 0 Å². The first-order valence-electron chi connectivity index (χ1n) is 9.41. The van der Waals surface area contributed by atoms with Crippen LogP contribution in [0.4, 0.5) is 10.1 Å². The van der Waals surface area contributed by atoms with E-state index in [-0.39, 0.29) is 23.9 Å². The van der Waals surface area contributed by atoms with E-state index in [1.165, 1.54) is 28.1 Å². The molecule has 0 aromatic heterocycles. The highest BCUT2D eigenvalue weighted by molar-refractivity contribution is 7.89. The van der Waals surface area contributed by atoms with Crippen LogP contribution in [-0.2, 0) is 21.2 Å². The number of carbonyl (C=O) groups is 1. The molecule has 3 rings (SSSR count). The van der Waals surface area contributed by atoms with E-state index in [1.807, 2.05) is 31.2 Å². The molecule has 0 radical (unpaired) electrons. The van der Waals surface area contributed by atoms with Gasteiger partial charge in [0.05, 0.1) is 0 Å². The Hall–Kier alpha value is -2.25. The lowest BCUT2D eigenvalue weighted by Crippen LogP contribution is -2.46. The first kappa shape index (κ1) is 20.5. The predicted octanol–water partition coefficient (Wildman–Crippen LogP) is 3.82. The third kappa shape index (κ3) is 4.10. The molecule has 0 unspecified atom stereocenters. The highest BCUT2D eigenvalue weighted by Crippen LogP contribution is 2.34. The van der Waals surface area contributed by atoms with Crippen molar-refractivity contribution < 1.29 is 17.6 Å². The molecule has 2 aromatic rings. The molecule has 1 heterocycles. The number of nitrogens with zero attached hydrogens (tertiary/aromatic N) is 1. The molecule has 1 fully saturated rings. The summed E-state index contributed by atoms with van der Waals surface area (Å²) in [5, 5.41) is 2.93. The number of sulfonamides is 1. The number of rotatable bonds is 5. The van der Waals surface area contributed by atoms with Crippen LogP contribution in [0.5, 0.6) is 0 Å². The maximum atomic E-state index is 13.9. The second-order valence-electron chi connectivity index (χ2n) is 7.40. The molecule has 0 saturated carbocycles. The molecule has 0 spiro atoms. The summed E-state index contributed by atoms with van der Waals surface area (Å²) in [6.07, 6.45) is 1.68. The van der Waals surface area contributed by atoms with Gasteiger partial charge in [0.2, 0.25) is 15.9 Å². The van der Waals surface area contributed by atoms with Crippen LogP contribution in [0.3, 0.4) is 0 Å². The van der Waals surface area contributed by atoms with E-state index >= 15 is 0 Å². The van der Waals surface area contributed by atoms with E-state index in [0.29, 0.717) is 12.8 Å². The SMILES string of the molecule is CCc1ccc(NC(=O)C2(C)CCN(S(=O)(=O)c3ccccc3F)CC2)cc1. The van der Waals surface area contributed by atoms with Gasteiger partial charge in [0.15, 0.2) is 0 Å². The van der Waals surface area contributed by atoms with Gasteiger partial charge in [0.1, 0.15) is 10.7 Å². The Bertz CT molecular complexity index is 950. The highest BCUT2D eigenvalue weighted by Gasteiger charge is 2.40. The Balaban J connectivity index is 1.67. The Kier molecular flexibility index (Phi) is 5.86. The summed E-state index contributed by atoms with van der Waals surface area (Å²) in [5.74, 6) is -0.885. The van der Waals surface area contributed by atoms with E-state index in [9.17, 15) is 17.6 Å². The quantitative estimate of drug-likeness (QED) is 0.824. The first-order valence-corrected chi connectivity index (χ1v) is 10.9. The smallest absolute Gasteiger partial charge is 0.245 e. The molecule has 1 saturated heterocycles. The lowest BCUT2D eigenvalue weighted by Gasteiger charge is -2.37. The van der Waals surface area contributed by atoms with Crippen molar-refractivity contribution in [1.82, 2.24) is 4.31 Å². The van der Waals surface area contributed by atoms with Crippen LogP contribution in [0.15, 0.2) is 53.4 Å². The van der Waals surface area contributed by atoms with Crippen LogP contribution < -0.4 is 5.32 Å². The molecule has 1 amide bonds. The zero-order valence-corrected chi connectivity index (χ0v) is 16.9. The maximum absolute atomic E-state index is 13.9. The van der Waals surface area contributed by atoms with Crippen LogP contribution in [0.2, 0.25) is 0 Å². The largest absolute Gasteiger partial charge is 0.326 e. The van der Waals surface area contributed by atoms with Gasteiger partial charge < -0.3 is 5.32 Å². The normalized spacial score (nSPS) is 17.2. The van der Waals surface area contributed by atoms with Gasteiger partial charge in [0, 0.05) is 24.2 Å². The lowest BCUT2D eigenvalue weighted by atomic mass is 9.80. The Morgan fingerprint density at radius 1 is 1.11 bits per heavy atom. The summed E-state index contributed by atoms with van der Waals surface area (Å²) < 4.78 is 40.7. The topological polar surface area (TPSA) is 66.5 Å². The minimum atomic E-state index is -3.91. The minimum Gasteiger partial charge on any atom is -0.326 e. The van der Waals surface area contributed by atoms with Crippen molar-refractivity contribution in [2.24, 2.45) is 5.41 Å². The number of hydrogen-bond acceptors (Lipinski definition) is 3. The molecule has 1 aliphatic heterocycles. The van der Waals surface area contributed by atoms with Gasteiger partial charge in [-0.3, -0.25) is 4.79 Å². The van der Waals surface area contributed by atoms with Crippen molar-refractivity contribution >= 4 is 21.6 Å². The van der Waals surface area contributed by atoms with Crippen molar-refractivity contribution in [2.75, 3.05) is 18.4 Å². The third-order valence-electron chi connectivity index (χ3n) is 5.45. The average Bonchev–Trinajstić information content (AvgIpc) is 2.69. The summed E-state index contributed by atoms with van der Waals surface area (Å²) in [6, 6.07) is 13.1. The molecular weight excluding hydrogens is 379 g/mol. The Morgan fingerprint density at radius 2 is 1.71 bits per heavy atom. The van der Waals surface area contributed by atoms with Gasteiger partial charge in [-0.2, -0.15) is 4.31 Å². The molecule has 0 aliphatic carbocycles. The molecule has 2 aromatic carbocycles. The molecule has 0 atom stereocenters. The standard InChI is InChI=1S/C21H25FN2O3S/c1-3-16-8-10-17(11-9-16)23-20(25)21(2)12-14-24(15-13-21)28(26,27)19-7-5-4-6-18(19)22/h4-11H,3,12-15H2,1-2H3,(H,23,25). The Morgan fingerprint density at radius 3 is 2.29 bits per heavy atom. The van der Waals surface area contributed by atoms with Crippen LogP contribution in [0.1, 0.15) is 32.3 Å². The molecule has 1 N–H and O–H groups in total. The molecule has 7 heteroatoms. The summed E-state index contributed by atoms with van der Waals surface area (Å²) in [6.45, 7) is 4.26. The zero-order valence-electron chi connectivity index (χ0n) is 16.1. The number of halogens is 1. The van der Waals surface area contributed by atoms with Gasteiger partial charge in [-0.05, 0) is 49.1 Å². The second-order valence-corrected chi connectivity index (χ2v) is 9.31. The van der Waals surface area contributed by atoms with Crippen LogP contribution >= 0.6 is 0 Å². The van der Waals surface area contributed by atoms with Crippen LogP contribution in [0, 0.1) is 11.2 Å². The Labute approximate surface area is 165 Å². The summed E-state index contributed by atoms with van der Waals surface area (Å²) in [7, 11) is -3.91. The molecule has 1 aliphatic rings. The zero-order chi connectivity index (χ0) is 20.4. The van der Waals surface area contributed by atoms with Crippen molar-refractivity contribution in [1.29, 1.82) is 0 Å². The lowest BCUT2D eigenvalue weighted by molar-refractivity contribution is -0.126. The molecular formula is C21H25FN2O3S. The molecule has 150 valence electrons. The molecule has 5 nitrogen and oxygen atoms in total. The number of amides is 1. The number of hydrogen-bond donors (Lipinski definition) is 1. The number of piperidine rings is 1. The van der Waals surface area contributed by atoms with Gasteiger partial charge in [0.25, 0.3) is 0 Å². The number of carbonyl (C=O) groups excluding carboxylic acids is 1. The molecule has 28 heavy (non-hydrogen) atoms. The fourth-order valence-corrected chi connectivity index (χ4v) is 4.85. The third-order valence-corrected chi connectivity index (χ3v) is 7.38. The number of benzene rings is 2. The monoisotopic (exact) mass is 404 g/mol. The summed E-state index contributed by atoms with van der Waals surface area (Å²) in [5.41, 5.74) is 1.24. The number of nitrogens with one attached hydrogen (secondary N) is 1. The van der Waals surface area contributed by atoms with Crippen molar-refractivity contribution in [2.45, 2.75) is 38.0 Å². The van der Waals surface area contributed by atoms with Crippen molar-refractivity contribution in [3.8, 4) is 0 Å². The van der Waals surface area contributed by atoms with Crippen molar-refractivity contribution in [3.63, 3.8) is 0 Å². The number of anilines is 1. The highest BCUT2D eigenvalue weighted by atomic mass is 32.2. The maximum Gasteiger partial charge on any atom is 0.245 e. The second kappa shape index (κ2) is 8.01. The van der Waals surface area contributed by atoms with E-state index < -0.39 is 21.3 Å². The van der Waals surface area contributed by atoms with E-state index in [0.717, 1.165) is 18.2 Å². The predicted molar refractivity (Wildman–Crippen MR) is 107 cm³/mol. The molecule has 0 bridgehead atoms.